The number of anilines is 1. The number of hydrogen-bond acceptors (Lipinski definition) is 9. The number of fused-ring (bicyclic) bond motifs is 1. The van der Waals surface area contributed by atoms with Gasteiger partial charge >= 0.3 is 5.97 Å². The van der Waals surface area contributed by atoms with Gasteiger partial charge in [0.05, 0.1) is 29.5 Å². The van der Waals surface area contributed by atoms with E-state index in [9.17, 15) is 9.35 Å². The lowest BCUT2D eigenvalue weighted by Gasteiger charge is -2.44. The molecule has 33 heavy (non-hydrogen) atoms. The molecule has 2 aromatic rings. The first-order valence-electron chi connectivity index (χ1n) is 11.1. The number of piperidine rings is 1. The molecule has 0 amide bonds. The van der Waals surface area contributed by atoms with Crippen molar-refractivity contribution in [2.75, 3.05) is 24.6 Å². The van der Waals surface area contributed by atoms with E-state index in [0.717, 1.165) is 43.7 Å². The van der Waals surface area contributed by atoms with Crippen LogP contribution in [0.1, 0.15) is 73.3 Å². The largest absolute Gasteiger partial charge is 0.598 e. The molecule has 0 saturated carbocycles. The quantitative estimate of drug-likeness (QED) is 0.434. The lowest BCUT2D eigenvalue weighted by Crippen LogP contribution is -2.50. The number of hydrogen-bond donors (Lipinski definition) is 1. The van der Waals surface area contributed by atoms with Crippen LogP contribution < -0.4 is 9.62 Å². The van der Waals surface area contributed by atoms with E-state index < -0.39 is 17.3 Å². The van der Waals surface area contributed by atoms with E-state index in [1.54, 1.807) is 18.3 Å². The van der Waals surface area contributed by atoms with E-state index in [2.05, 4.69) is 40.5 Å². The fraction of sp³-hybridized carbons (Fsp3) is 0.636. The lowest BCUT2D eigenvalue weighted by molar-refractivity contribution is 0.0519. The van der Waals surface area contributed by atoms with E-state index in [1.165, 1.54) is 4.88 Å². The number of thiazole rings is 1. The van der Waals surface area contributed by atoms with Gasteiger partial charge in [-0.1, -0.05) is 0 Å². The van der Waals surface area contributed by atoms with Crippen LogP contribution in [0.2, 0.25) is 0 Å². The Hall–Kier alpha value is -1.27. The average molecular weight is 557 g/mol. The number of nitrogens with one attached hydrogen (secondary N) is 1. The van der Waals surface area contributed by atoms with Crippen LogP contribution in [-0.2, 0) is 22.5 Å². The highest BCUT2D eigenvalue weighted by molar-refractivity contribution is 9.10. The predicted octanol–water partition coefficient (Wildman–Crippen LogP) is 4.12. The second-order valence-electron chi connectivity index (χ2n) is 9.61. The number of ether oxygens (including phenoxy) is 1. The first kappa shape index (κ1) is 24.8. The Morgan fingerprint density at radius 3 is 2.73 bits per heavy atom. The molecule has 2 aromatic heterocycles. The van der Waals surface area contributed by atoms with Crippen LogP contribution in [-0.4, -0.2) is 49.9 Å². The number of carbonyl (C=O) groups excluding carboxylic acids is 1. The minimum absolute atomic E-state index is 0.00414. The van der Waals surface area contributed by atoms with Gasteiger partial charge in [0.1, 0.15) is 9.35 Å². The molecule has 180 valence electrons. The van der Waals surface area contributed by atoms with Gasteiger partial charge in [-0.3, -0.25) is 0 Å². The maximum atomic E-state index is 13.0. The first-order valence-corrected chi connectivity index (χ1v) is 13.9. The van der Waals surface area contributed by atoms with Crippen molar-refractivity contribution < 1.29 is 14.1 Å². The molecule has 1 N–H and O–H groups in total. The van der Waals surface area contributed by atoms with Gasteiger partial charge in [-0.25, -0.2) is 19.7 Å². The molecule has 4 rings (SSSR count). The number of esters is 1. The number of halogens is 1. The van der Waals surface area contributed by atoms with Crippen LogP contribution in [0.15, 0.2) is 10.1 Å². The highest BCUT2D eigenvalue weighted by Crippen LogP contribution is 2.53. The van der Waals surface area contributed by atoms with Crippen molar-refractivity contribution in [3.63, 3.8) is 0 Å². The molecule has 0 bridgehead atoms. The third kappa shape index (κ3) is 4.80. The Bertz CT molecular complexity index is 1030. The molecule has 3 heterocycles. The third-order valence-corrected chi connectivity index (χ3v) is 9.62. The van der Waals surface area contributed by atoms with Gasteiger partial charge in [0.15, 0.2) is 11.5 Å². The zero-order chi connectivity index (χ0) is 24.0. The van der Waals surface area contributed by atoms with Crippen LogP contribution in [0.5, 0.6) is 0 Å². The highest BCUT2D eigenvalue weighted by Gasteiger charge is 2.52. The molecular weight excluding hydrogens is 526 g/mol. The van der Waals surface area contributed by atoms with Gasteiger partial charge in [0.2, 0.25) is 0 Å². The number of carbonyl (C=O) groups is 1. The number of aryl methyl sites for hydroxylation is 1. The van der Waals surface area contributed by atoms with Crippen molar-refractivity contribution in [1.82, 2.24) is 19.7 Å². The number of rotatable bonds is 5. The monoisotopic (exact) mass is 555 g/mol. The normalized spacial score (nSPS) is 20.7. The molecule has 1 fully saturated rings. The van der Waals surface area contributed by atoms with E-state index in [0.29, 0.717) is 10.4 Å². The Labute approximate surface area is 210 Å². The number of aromatic nitrogens is 3. The molecule has 8 nitrogen and oxygen atoms in total. The van der Waals surface area contributed by atoms with Crippen molar-refractivity contribution in [3.05, 3.63) is 32.1 Å². The third-order valence-electron chi connectivity index (χ3n) is 6.37. The number of nitrogens with zero attached hydrogens (tertiary/aromatic N) is 4. The minimum Gasteiger partial charge on any atom is -0.598 e. The second kappa shape index (κ2) is 9.41. The van der Waals surface area contributed by atoms with Crippen molar-refractivity contribution >= 4 is 50.4 Å². The Balaban J connectivity index is 1.59. The van der Waals surface area contributed by atoms with Gasteiger partial charge in [0, 0.05) is 34.7 Å². The molecule has 1 saturated heterocycles. The van der Waals surface area contributed by atoms with Crippen molar-refractivity contribution in [1.29, 1.82) is 0 Å². The summed E-state index contributed by atoms with van der Waals surface area (Å²) in [6.07, 6.45) is 2.61. The van der Waals surface area contributed by atoms with E-state index in [-0.39, 0.29) is 28.5 Å². The fourth-order valence-electron chi connectivity index (χ4n) is 4.49. The Morgan fingerprint density at radius 1 is 1.39 bits per heavy atom. The van der Waals surface area contributed by atoms with Crippen LogP contribution >= 0.6 is 27.3 Å². The molecule has 0 radical (unpaired) electrons. The molecule has 1 aliphatic heterocycles. The van der Waals surface area contributed by atoms with Gasteiger partial charge < -0.3 is 14.2 Å². The van der Waals surface area contributed by atoms with Gasteiger partial charge in [-0.2, -0.15) is 0 Å². The summed E-state index contributed by atoms with van der Waals surface area (Å²) in [5, 5.41) is 0. The zero-order valence-electron chi connectivity index (χ0n) is 19.6. The maximum absolute atomic E-state index is 13.0. The predicted molar refractivity (Wildman–Crippen MR) is 134 cm³/mol. The lowest BCUT2D eigenvalue weighted by atomic mass is 9.74. The van der Waals surface area contributed by atoms with Crippen LogP contribution in [0, 0.1) is 12.3 Å². The first-order chi connectivity index (χ1) is 15.6. The summed E-state index contributed by atoms with van der Waals surface area (Å²) < 4.78 is 21.9. The average Bonchev–Trinajstić information content (AvgIpc) is 3.30. The van der Waals surface area contributed by atoms with Gasteiger partial charge in [0.25, 0.3) is 0 Å². The fourth-order valence-corrected chi connectivity index (χ4v) is 6.77. The molecule has 1 aliphatic carbocycles. The standard InChI is InChI=1S/C22H30BrN5O3S2/c1-6-31-20(29)15-19(25-13(2)18(23)26-15)28-9-7-22(8-10-28)11-14-16(32-12-24-14)17(22)27-33(30)21(3,4)5/h12,17,27H,6-11H2,1-5H3/t17-,33?/m1/s1. The molecule has 1 unspecified atom stereocenters. The molecule has 1 spiro atoms. The Morgan fingerprint density at radius 2 is 2.09 bits per heavy atom. The maximum Gasteiger partial charge on any atom is 0.360 e. The smallest absolute Gasteiger partial charge is 0.360 e. The summed E-state index contributed by atoms with van der Waals surface area (Å²) in [6.45, 7) is 11.3. The summed E-state index contributed by atoms with van der Waals surface area (Å²) in [5.41, 5.74) is 3.90. The molecule has 11 heteroatoms. The second-order valence-corrected chi connectivity index (χ2v) is 13.2. The van der Waals surface area contributed by atoms with Crippen LogP contribution in [0.25, 0.3) is 0 Å². The highest BCUT2D eigenvalue weighted by atomic mass is 79.9. The van der Waals surface area contributed by atoms with Crippen LogP contribution in [0.3, 0.4) is 0 Å². The summed E-state index contributed by atoms with van der Waals surface area (Å²) in [5.74, 6) is 0.103. The topological polar surface area (TPSA) is 103 Å². The zero-order valence-corrected chi connectivity index (χ0v) is 22.8. The van der Waals surface area contributed by atoms with E-state index in [4.69, 9.17) is 4.74 Å². The van der Waals surface area contributed by atoms with Crippen molar-refractivity contribution in [2.24, 2.45) is 5.41 Å². The minimum atomic E-state index is -1.18. The molecule has 0 aromatic carbocycles. The van der Waals surface area contributed by atoms with Crippen molar-refractivity contribution in [3.8, 4) is 0 Å². The van der Waals surface area contributed by atoms with Gasteiger partial charge in [-0.15, -0.1) is 16.1 Å². The molecule has 2 atom stereocenters. The van der Waals surface area contributed by atoms with Crippen molar-refractivity contribution in [2.45, 2.75) is 64.7 Å². The van der Waals surface area contributed by atoms with Gasteiger partial charge in [-0.05, 0) is 69.8 Å². The summed E-state index contributed by atoms with van der Waals surface area (Å²) in [7, 11) is 0. The Kier molecular flexibility index (Phi) is 7.08. The summed E-state index contributed by atoms with van der Waals surface area (Å²) in [6, 6.07) is 0.00414. The SMILES string of the molecule is CCOC(=O)c1nc(Br)c(C)nc1N1CCC2(CC1)Cc1ncsc1[C@H]2N[S+]([O-])C(C)(C)C. The van der Waals surface area contributed by atoms with E-state index >= 15 is 0 Å². The summed E-state index contributed by atoms with van der Waals surface area (Å²) in [4.78, 5) is 29.6. The van der Waals surface area contributed by atoms with Crippen LogP contribution in [0.4, 0.5) is 5.82 Å². The molecule has 2 aliphatic rings. The van der Waals surface area contributed by atoms with E-state index in [1.807, 2.05) is 33.2 Å². The molecular formula is C22H30BrN5O3S2. The summed E-state index contributed by atoms with van der Waals surface area (Å²) >= 11 is 3.85.